The Morgan fingerprint density at radius 3 is 2.75 bits per heavy atom. The first kappa shape index (κ1) is 11.4. The SMILES string of the molecule is Cc1c(Cl)ncnc1Sc1ccccc1F. The molecule has 0 N–H and O–H groups in total. The number of halogens is 2. The van der Waals surface area contributed by atoms with Crippen LogP contribution >= 0.6 is 23.4 Å². The molecule has 1 heterocycles. The van der Waals surface area contributed by atoms with Crippen molar-refractivity contribution in [2.45, 2.75) is 16.8 Å². The summed E-state index contributed by atoms with van der Waals surface area (Å²) in [6.45, 7) is 1.81. The summed E-state index contributed by atoms with van der Waals surface area (Å²) in [6, 6.07) is 6.55. The van der Waals surface area contributed by atoms with Crippen LogP contribution < -0.4 is 0 Å². The molecule has 2 aromatic rings. The first-order chi connectivity index (χ1) is 7.68. The van der Waals surface area contributed by atoms with E-state index < -0.39 is 0 Å². The van der Waals surface area contributed by atoms with Crippen molar-refractivity contribution in [3.05, 3.63) is 47.1 Å². The summed E-state index contributed by atoms with van der Waals surface area (Å²) in [7, 11) is 0. The normalized spacial score (nSPS) is 10.4. The van der Waals surface area contributed by atoms with E-state index in [2.05, 4.69) is 9.97 Å². The van der Waals surface area contributed by atoms with Crippen molar-refractivity contribution in [2.75, 3.05) is 0 Å². The van der Waals surface area contributed by atoms with Crippen molar-refractivity contribution in [3.63, 3.8) is 0 Å². The third kappa shape index (κ3) is 2.33. The van der Waals surface area contributed by atoms with E-state index in [9.17, 15) is 4.39 Å². The number of benzene rings is 1. The molecule has 0 bridgehead atoms. The van der Waals surface area contributed by atoms with Gasteiger partial charge in [0, 0.05) is 10.5 Å². The molecule has 0 radical (unpaired) electrons. The highest BCUT2D eigenvalue weighted by molar-refractivity contribution is 7.99. The average molecular weight is 255 g/mol. The van der Waals surface area contributed by atoms with Gasteiger partial charge in [-0.15, -0.1) is 0 Å². The second-order valence-electron chi connectivity index (χ2n) is 3.13. The summed E-state index contributed by atoms with van der Waals surface area (Å²) in [6.07, 6.45) is 1.37. The molecule has 5 heteroatoms. The summed E-state index contributed by atoms with van der Waals surface area (Å²) < 4.78 is 13.4. The summed E-state index contributed by atoms with van der Waals surface area (Å²) in [5.41, 5.74) is 0.761. The van der Waals surface area contributed by atoms with Crippen molar-refractivity contribution in [1.29, 1.82) is 0 Å². The van der Waals surface area contributed by atoms with Gasteiger partial charge >= 0.3 is 0 Å². The lowest BCUT2D eigenvalue weighted by Gasteiger charge is -2.05. The smallest absolute Gasteiger partial charge is 0.137 e. The van der Waals surface area contributed by atoms with Crippen LogP contribution in [-0.4, -0.2) is 9.97 Å². The lowest BCUT2D eigenvalue weighted by molar-refractivity contribution is 0.602. The number of rotatable bonds is 2. The second-order valence-corrected chi connectivity index (χ2v) is 4.52. The van der Waals surface area contributed by atoms with Crippen molar-refractivity contribution >= 4 is 23.4 Å². The minimum Gasteiger partial charge on any atom is -0.229 e. The molecule has 0 aliphatic carbocycles. The Balaban J connectivity index is 2.35. The maximum atomic E-state index is 13.4. The molecular weight excluding hydrogens is 247 g/mol. The quantitative estimate of drug-likeness (QED) is 0.764. The summed E-state index contributed by atoms with van der Waals surface area (Å²) in [5, 5.41) is 1.07. The highest BCUT2D eigenvalue weighted by Crippen LogP contribution is 2.31. The summed E-state index contributed by atoms with van der Waals surface area (Å²) in [5.74, 6) is -0.262. The van der Waals surface area contributed by atoms with Crippen LogP contribution in [0.4, 0.5) is 4.39 Å². The standard InChI is InChI=1S/C11H8ClFN2S/c1-7-10(12)14-6-15-11(7)16-9-5-3-2-4-8(9)13/h2-6H,1H3. The Kier molecular flexibility index (Phi) is 3.41. The fraction of sp³-hybridized carbons (Fsp3) is 0.0909. The van der Waals surface area contributed by atoms with Crippen molar-refractivity contribution in [3.8, 4) is 0 Å². The molecule has 0 spiro atoms. The zero-order chi connectivity index (χ0) is 11.5. The number of hydrogen-bond donors (Lipinski definition) is 0. The summed E-state index contributed by atoms with van der Waals surface area (Å²) >= 11 is 7.11. The molecule has 0 aliphatic rings. The molecule has 0 saturated carbocycles. The molecular formula is C11H8ClFN2S. The van der Waals surface area contributed by atoms with Gasteiger partial charge in [0.25, 0.3) is 0 Å². The first-order valence-corrected chi connectivity index (χ1v) is 5.77. The highest BCUT2D eigenvalue weighted by atomic mass is 35.5. The van der Waals surface area contributed by atoms with E-state index in [1.165, 1.54) is 24.2 Å². The Morgan fingerprint density at radius 2 is 2.00 bits per heavy atom. The van der Waals surface area contributed by atoms with Crippen LogP contribution in [0.1, 0.15) is 5.56 Å². The monoisotopic (exact) mass is 254 g/mol. The van der Waals surface area contributed by atoms with Gasteiger partial charge in [-0.3, -0.25) is 0 Å². The molecule has 1 aromatic carbocycles. The Bertz CT molecular complexity index is 519. The van der Waals surface area contributed by atoms with Crippen LogP contribution in [0.25, 0.3) is 0 Å². The van der Waals surface area contributed by atoms with E-state index in [1.807, 2.05) is 6.92 Å². The molecule has 0 saturated heterocycles. The molecule has 82 valence electrons. The maximum absolute atomic E-state index is 13.4. The predicted molar refractivity (Wildman–Crippen MR) is 62.3 cm³/mol. The van der Waals surface area contributed by atoms with Gasteiger partial charge < -0.3 is 0 Å². The van der Waals surface area contributed by atoms with Crippen LogP contribution in [0, 0.1) is 12.7 Å². The largest absolute Gasteiger partial charge is 0.229 e. The van der Waals surface area contributed by atoms with Crippen LogP contribution in [0.15, 0.2) is 40.5 Å². The van der Waals surface area contributed by atoms with Gasteiger partial charge in [-0.2, -0.15) is 0 Å². The predicted octanol–water partition coefficient (Wildman–Crippen LogP) is 3.73. The van der Waals surface area contributed by atoms with Gasteiger partial charge in [-0.1, -0.05) is 35.5 Å². The third-order valence-corrected chi connectivity index (χ3v) is 3.56. The zero-order valence-electron chi connectivity index (χ0n) is 8.45. The minimum atomic E-state index is -0.262. The molecule has 0 aliphatic heterocycles. The van der Waals surface area contributed by atoms with Gasteiger partial charge in [-0.05, 0) is 19.1 Å². The van der Waals surface area contributed by atoms with Crippen LogP contribution in [-0.2, 0) is 0 Å². The molecule has 0 fully saturated rings. The van der Waals surface area contributed by atoms with Crippen molar-refractivity contribution in [2.24, 2.45) is 0 Å². The molecule has 0 unspecified atom stereocenters. The topological polar surface area (TPSA) is 25.8 Å². The van der Waals surface area contributed by atoms with Crippen molar-refractivity contribution in [1.82, 2.24) is 9.97 Å². The number of hydrogen-bond acceptors (Lipinski definition) is 3. The van der Waals surface area contributed by atoms with E-state index >= 15 is 0 Å². The second kappa shape index (κ2) is 4.80. The van der Waals surface area contributed by atoms with E-state index in [-0.39, 0.29) is 5.82 Å². The number of nitrogens with zero attached hydrogens (tertiary/aromatic N) is 2. The van der Waals surface area contributed by atoms with Crippen LogP contribution in [0.3, 0.4) is 0 Å². The van der Waals surface area contributed by atoms with Gasteiger partial charge in [0.05, 0.1) is 0 Å². The molecule has 2 nitrogen and oxygen atoms in total. The lowest BCUT2D eigenvalue weighted by atomic mass is 10.3. The molecule has 0 amide bonds. The Morgan fingerprint density at radius 1 is 1.25 bits per heavy atom. The molecule has 0 atom stereocenters. The van der Waals surface area contributed by atoms with Gasteiger partial charge in [0.15, 0.2) is 0 Å². The first-order valence-electron chi connectivity index (χ1n) is 4.58. The van der Waals surface area contributed by atoms with Crippen molar-refractivity contribution < 1.29 is 4.39 Å². The molecule has 16 heavy (non-hydrogen) atoms. The highest BCUT2D eigenvalue weighted by Gasteiger charge is 2.09. The van der Waals surface area contributed by atoms with E-state index in [0.29, 0.717) is 15.1 Å². The van der Waals surface area contributed by atoms with Gasteiger partial charge in [-0.25, -0.2) is 14.4 Å². The van der Waals surface area contributed by atoms with Gasteiger partial charge in [0.1, 0.15) is 22.3 Å². The Hall–Kier alpha value is -1.13. The fourth-order valence-electron chi connectivity index (χ4n) is 1.15. The average Bonchev–Trinajstić information content (AvgIpc) is 2.28. The summed E-state index contributed by atoms with van der Waals surface area (Å²) in [4.78, 5) is 8.46. The van der Waals surface area contributed by atoms with Gasteiger partial charge in [0.2, 0.25) is 0 Å². The molecule has 1 aromatic heterocycles. The fourth-order valence-corrected chi connectivity index (χ4v) is 2.21. The lowest BCUT2D eigenvalue weighted by Crippen LogP contribution is -1.90. The van der Waals surface area contributed by atoms with Crippen LogP contribution in [0.5, 0.6) is 0 Å². The van der Waals surface area contributed by atoms with E-state index in [1.54, 1.807) is 18.2 Å². The Labute approximate surface area is 102 Å². The minimum absolute atomic E-state index is 0.262. The van der Waals surface area contributed by atoms with E-state index in [0.717, 1.165) is 5.56 Å². The van der Waals surface area contributed by atoms with E-state index in [4.69, 9.17) is 11.6 Å². The maximum Gasteiger partial charge on any atom is 0.137 e. The molecule has 2 rings (SSSR count). The third-order valence-electron chi connectivity index (χ3n) is 2.02. The van der Waals surface area contributed by atoms with Crippen LogP contribution in [0.2, 0.25) is 5.15 Å². The number of aromatic nitrogens is 2. The zero-order valence-corrected chi connectivity index (χ0v) is 10.0.